The van der Waals surface area contributed by atoms with E-state index < -0.39 is 5.82 Å². The summed E-state index contributed by atoms with van der Waals surface area (Å²) < 4.78 is 13.0. The Morgan fingerprint density at radius 3 is 3.00 bits per heavy atom. The fourth-order valence-electron chi connectivity index (χ4n) is 1.10. The Bertz CT molecular complexity index is 446. The lowest BCUT2D eigenvalue weighted by Gasteiger charge is -1.98. The highest BCUT2D eigenvalue weighted by atomic mass is 19.1. The van der Waals surface area contributed by atoms with Crippen LogP contribution in [0.2, 0.25) is 0 Å². The second kappa shape index (κ2) is 5.76. The van der Waals surface area contributed by atoms with Gasteiger partial charge in [0.2, 0.25) is 5.91 Å². The van der Waals surface area contributed by atoms with Crippen LogP contribution in [0.5, 0.6) is 0 Å². The van der Waals surface area contributed by atoms with Crippen molar-refractivity contribution in [3.05, 3.63) is 29.6 Å². The van der Waals surface area contributed by atoms with Crippen molar-refractivity contribution in [2.45, 2.75) is 13.3 Å². The minimum atomic E-state index is -0.464. The molecule has 0 aromatic heterocycles. The minimum Gasteiger partial charge on any atom is -0.395 e. The van der Waals surface area contributed by atoms with Crippen LogP contribution in [0.4, 0.5) is 10.1 Å². The average molecular weight is 220 g/mol. The quantitative estimate of drug-likeness (QED) is 0.448. The number of carbonyl (C=O) groups excluding carboxylic acids is 1. The van der Waals surface area contributed by atoms with E-state index in [-0.39, 0.29) is 11.6 Å². The molecule has 0 saturated carbocycles. The van der Waals surface area contributed by atoms with Crippen LogP contribution < -0.4 is 11.1 Å². The fraction of sp³-hybridized carbons (Fsp3) is 0.250. The van der Waals surface area contributed by atoms with E-state index in [2.05, 4.69) is 17.2 Å². The van der Waals surface area contributed by atoms with Crippen molar-refractivity contribution >= 4 is 11.6 Å². The zero-order valence-electron chi connectivity index (χ0n) is 9.01. The average Bonchev–Trinajstić information content (AvgIpc) is 2.23. The number of benzene rings is 1. The Morgan fingerprint density at radius 2 is 2.31 bits per heavy atom. The van der Waals surface area contributed by atoms with Crippen molar-refractivity contribution in [1.82, 2.24) is 5.32 Å². The van der Waals surface area contributed by atoms with Gasteiger partial charge < -0.3 is 11.1 Å². The lowest BCUT2D eigenvalue weighted by molar-refractivity contribution is -0.118. The molecule has 0 aliphatic heterocycles. The summed E-state index contributed by atoms with van der Waals surface area (Å²) in [6.07, 6.45) is 0.509. The maximum absolute atomic E-state index is 13.0. The van der Waals surface area contributed by atoms with Gasteiger partial charge in [-0.15, -0.1) is 0 Å². The first-order valence-corrected chi connectivity index (χ1v) is 4.88. The maximum Gasteiger partial charge on any atom is 0.216 e. The second-order valence-corrected chi connectivity index (χ2v) is 3.24. The second-order valence-electron chi connectivity index (χ2n) is 3.24. The standard InChI is InChI=1S/C12H13FN2O/c1-9(16)15-8-3-2-5-10-6-4-7-11(13)12(10)14/h4,6-7H,3,8,14H2,1H3,(H,15,16). The van der Waals surface area contributed by atoms with Gasteiger partial charge in [-0.3, -0.25) is 4.79 Å². The number of halogens is 1. The number of amides is 1. The molecule has 0 aliphatic rings. The van der Waals surface area contributed by atoms with Crippen molar-refractivity contribution in [2.75, 3.05) is 12.3 Å². The molecule has 0 unspecified atom stereocenters. The first kappa shape index (κ1) is 12.1. The summed E-state index contributed by atoms with van der Waals surface area (Å²) in [4.78, 5) is 10.5. The summed E-state index contributed by atoms with van der Waals surface area (Å²) in [6.45, 7) is 1.93. The van der Waals surface area contributed by atoms with Crippen molar-refractivity contribution < 1.29 is 9.18 Å². The van der Waals surface area contributed by atoms with E-state index in [1.807, 2.05) is 0 Å². The van der Waals surface area contributed by atoms with E-state index in [1.165, 1.54) is 13.0 Å². The number of para-hydroxylation sites is 1. The Balaban J connectivity index is 2.56. The van der Waals surface area contributed by atoms with Gasteiger partial charge in [-0.25, -0.2) is 4.39 Å². The first-order valence-electron chi connectivity index (χ1n) is 4.88. The summed E-state index contributed by atoms with van der Waals surface area (Å²) in [5.74, 6) is 5.02. The fourth-order valence-corrected chi connectivity index (χ4v) is 1.10. The normalized spacial score (nSPS) is 9.12. The number of carbonyl (C=O) groups is 1. The van der Waals surface area contributed by atoms with Gasteiger partial charge in [-0.05, 0) is 12.1 Å². The van der Waals surface area contributed by atoms with E-state index in [4.69, 9.17) is 5.73 Å². The van der Waals surface area contributed by atoms with Crippen molar-refractivity contribution in [3.63, 3.8) is 0 Å². The molecular weight excluding hydrogens is 207 g/mol. The molecule has 16 heavy (non-hydrogen) atoms. The van der Waals surface area contributed by atoms with E-state index >= 15 is 0 Å². The molecule has 1 aromatic rings. The summed E-state index contributed by atoms with van der Waals surface area (Å²) in [5, 5.41) is 2.61. The first-order chi connectivity index (χ1) is 7.61. The Kier molecular flexibility index (Phi) is 4.34. The number of rotatable bonds is 2. The van der Waals surface area contributed by atoms with Crippen molar-refractivity contribution in [2.24, 2.45) is 0 Å². The van der Waals surface area contributed by atoms with Crippen LogP contribution >= 0.6 is 0 Å². The van der Waals surface area contributed by atoms with Gasteiger partial charge in [-0.1, -0.05) is 17.9 Å². The van der Waals surface area contributed by atoms with Gasteiger partial charge in [-0.2, -0.15) is 0 Å². The molecule has 4 heteroatoms. The number of anilines is 1. The third kappa shape index (κ3) is 3.62. The molecule has 0 aliphatic carbocycles. The third-order valence-electron chi connectivity index (χ3n) is 1.90. The van der Waals surface area contributed by atoms with E-state index in [9.17, 15) is 9.18 Å². The SMILES string of the molecule is CC(=O)NCCC#Cc1cccc(F)c1N. The minimum absolute atomic E-state index is 0.0644. The highest BCUT2D eigenvalue weighted by molar-refractivity contribution is 5.72. The zero-order valence-corrected chi connectivity index (χ0v) is 9.01. The van der Waals surface area contributed by atoms with Gasteiger partial charge in [0, 0.05) is 19.9 Å². The molecule has 1 rings (SSSR count). The summed E-state index contributed by atoms with van der Waals surface area (Å²) >= 11 is 0. The molecule has 1 amide bonds. The number of nitrogens with one attached hydrogen (secondary N) is 1. The van der Waals surface area contributed by atoms with E-state index in [1.54, 1.807) is 12.1 Å². The Morgan fingerprint density at radius 1 is 1.56 bits per heavy atom. The van der Waals surface area contributed by atoms with Gasteiger partial charge in [0.1, 0.15) is 5.82 Å². The third-order valence-corrected chi connectivity index (χ3v) is 1.90. The highest BCUT2D eigenvalue weighted by Crippen LogP contribution is 2.13. The molecule has 0 atom stereocenters. The molecule has 0 spiro atoms. The molecular formula is C12H13FN2O. The van der Waals surface area contributed by atoms with Gasteiger partial charge in [0.25, 0.3) is 0 Å². The monoisotopic (exact) mass is 220 g/mol. The number of nitrogen functional groups attached to an aromatic ring is 1. The largest absolute Gasteiger partial charge is 0.395 e. The lowest BCUT2D eigenvalue weighted by Crippen LogP contribution is -2.20. The Hall–Kier alpha value is -2.02. The molecule has 0 heterocycles. The van der Waals surface area contributed by atoms with Crippen LogP contribution in [0.3, 0.4) is 0 Å². The summed E-state index contributed by atoms with van der Waals surface area (Å²) in [7, 11) is 0. The predicted molar refractivity (Wildman–Crippen MR) is 61.0 cm³/mol. The molecule has 3 nitrogen and oxygen atoms in total. The molecule has 0 bridgehead atoms. The predicted octanol–water partition coefficient (Wildman–Crippen LogP) is 1.29. The van der Waals surface area contributed by atoms with E-state index in [0.717, 1.165) is 0 Å². The van der Waals surface area contributed by atoms with Crippen LogP contribution in [0.1, 0.15) is 18.9 Å². The zero-order chi connectivity index (χ0) is 12.0. The molecule has 0 radical (unpaired) electrons. The van der Waals surface area contributed by atoms with Gasteiger partial charge >= 0.3 is 0 Å². The van der Waals surface area contributed by atoms with Crippen LogP contribution in [0.25, 0.3) is 0 Å². The molecule has 3 N–H and O–H groups in total. The van der Waals surface area contributed by atoms with Crippen LogP contribution in [0.15, 0.2) is 18.2 Å². The van der Waals surface area contributed by atoms with Crippen LogP contribution in [-0.2, 0) is 4.79 Å². The Labute approximate surface area is 93.8 Å². The number of hydrogen-bond donors (Lipinski definition) is 2. The molecule has 0 saturated heterocycles. The number of nitrogens with two attached hydrogens (primary N) is 1. The van der Waals surface area contributed by atoms with Crippen LogP contribution in [0, 0.1) is 17.7 Å². The van der Waals surface area contributed by atoms with E-state index in [0.29, 0.717) is 18.5 Å². The van der Waals surface area contributed by atoms with Crippen LogP contribution in [-0.4, -0.2) is 12.5 Å². The van der Waals surface area contributed by atoms with Gasteiger partial charge in [0.05, 0.1) is 11.3 Å². The molecule has 0 fully saturated rings. The lowest BCUT2D eigenvalue weighted by atomic mass is 10.2. The highest BCUT2D eigenvalue weighted by Gasteiger charge is 2.00. The van der Waals surface area contributed by atoms with Crippen molar-refractivity contribution in [3.8, 4) is 11.8 Å². The molecule has 1 aromatic carbocycles. The number of hydrogen-bond acceptors (Lipinski definition) is 2. The maximum atomic E-state index is 13.0. The summed E-state index contributed by atoms with van der Waals surface area (Å²) in [6, 6.07) is 4.51. The topological polar surface area (TPSA) is 55.1 Å². The molecule has 84 valence electrons. The smallest absolute Gasteiger partial charge is 0.216 e. The van der Waals surface area contributed by atoms with Gasteiger partial charge in [0.15, 0.2) is 0 Å². The van der Waals surface area contributed by atoms with Crippen molar-refractivity contribution in [1.29, 1.82) is 0 Å². The summed E-state index contributed by atoms with van der Waals surface area (Å²) in [5.41, 5.74) is 6.04.